The van der Waals surface area contributed by atoms with E-state index in [0.29, 0.717) is 6.42 Å². The van der Waals surface area contributed by atoms with Crippen molar-refractivity contribution in [3.05, 3.63) is 0 Å². The first-order valence-corrected chi connectivity index (χ1v) is 7.99. The van der Waals surface area contributed by atoms with E-state index in [1.165, 1.54) is 70.6 Å². The largest absolute Gasteiger partial charge is 2.00 e. The Kier molecular flexibility index (Phi) is 26.7. The fraction of sp³-hybridized carbons (Fsp3) is 0.938. The van der Waals surface area contributed by atoms with Gasteiger partial charge in [0.05, 0.1) is 0 Å². The first kappa shape index (κ1) is 25.0. The molecule has 0 saturated carbocycles. The first-order valence-electron chi connectivity index (χ1n) is 7.99. The van der Waals surface area contributed by atoms with Crippen molar-refractivity contribution in [2.75, 3.05) is 0 Å². The van der Waals surface area contributed by atoms with Crippen LogP contribution in [0.3, 0.4) is 0 Å². The molecule has 0 aliphatic heterocycles. The Morgan fingerprint density at radius 1 is 0.700 bits per heavy atom. The van der Waals surface area contributed by atoms with E-state index >= 15 is 0 Å². The molecule has 0 saturated heterocycles. The van der Waals surface area contributed by atoms with Crippen LogP contribution in [0.1, 0.15) is 96.8 Å². The fourth-order valence-corrected chi connectivity index (χ4v) is 2.29. The molecule has 0 amide bonds. The monoisotopic (exact) mass is 336 g/mol. The Labute approximate surface area is 138 Å². The Balaban J connectivity index is -0.00000144. The molecule has 20 heavy (non-hydrogen) atoms. The number of hydrogen-bond acceptors (Lipinski definition) is 1. The van der Waals surface area contributed by atoms with E-state index in [2.05, 4.69) is 6.92 Å². The van der Waals surface area contributed by atoms with Crippen LogP contribution in [-0.4, -0.2) is 11.1 Å². The molecular weight excluding hydrogens is 306 g/mol. The predicted molar refractivity (Wildman–Crippen MR) is 78.6 cm³/mol. The second kappa shape index (κ2) is 21.4. The molecule has 0 atom stereocenters. The van der Waals surface area contributed by atoms with Crippen molar-refractivity contribution in [3.63, 3.8) is 0 Å². The van der Waals surface area contributed by atoms with Crippen LogP contribution in [-0.2, 0) is 29.7 Å². The molecule has 116 valence electrons. The first-order chi connectivity index (χ1) is 8.77. The van der Waals surface area contributed by atoms with Crippen molar-refractivity contribution in [1.82, 2.24) is 0 Å². The van der Waals surface area contributed by atoms with E-state index in [0.717, 1.165) is 12.8 Å². The number of aliphatic carboxylic acids is 1. The van der Waals surface area contributed by atoms with Gasteiger partial charge in [-0.25, -0.2) is 0 Å². The molecule has 0 fully saturated rings. The van der Waals surface area contributed by atoms with E-state index in [9.17, 15) is 4.79 Å². The molecule has 0 aromatic carbocycles. The minimum atomic E-state index is -0.655. The molecule has 0 unspecified atom stereocenters. The summed E-state index contributed by atoms with van der Waals surface area (Å²) < 4.78 is 0. The Bertz CT molecular complexity index is 187. The summed E-state index contributed by atoms with van der Waals surface area (Å²) in [4.78, 5) is 10.3. The molecule has 0 spiro atoms. The molecule has 0 heterocycles. The molecule has 1 N–H and O–H groups in total. The van der Waals surface area contributed by atoms with Gasteiger partial charge in [-0.1, -0.05) is 84.0 Å². The van der Waals surface area contributed by atoms with E-state index in [4.69, 9.17) is 5.11 Å². The molecule has 4 heteroatoms. The van der Waals surface area contributed by atoms with Gasteiger partial charge in [0, 0.05) is 6.42 Å². The maximum atomic E-state index is 10.3. The van der Waals surface area contributed by atoms with E-state index in [-0.39, 0.29) is 25.0 Å². The van der Waals surface area contributed by atoms with Gasteiger partial charge in [0.2, 0.25) is 0 Å². The fourth-order valence-electron chi connectivity index (χ4n) is 2.29. The maximum absolute atomic E-state index is 10.3. The Morgan fingerprint density at radius 3 is 1.30 bits per heavy atom. The Hall–Kier alpha value is 0.0534. The van der Waals surface area contributed by atoms with Crippen LogP contribution >= 0.6 is 0 Å². The van der Waals surface area contributed by atoms with E-state index in [1.807, 2.05) is 0 Å². The third-order valence-corrected chi connectivity index (χ3v) is 3.49. The van der Waals surface area contributed by atoms with Crippen molar-refractivity contribution in [3.8, 4) is 0 Å². The van der Waals surface area contributed by atoms with Crippen molar-refractivity contribution in [2.24, 2.45) is 0 Å². The van der Waals surface area contributed by atoms with E-state index < -0.39 is 5.97 Å². The SMILES string of the molecule is CCCCCCCCCCCCCCCC(=O)O.[O-2].[Zn+2]. The number of carboxylic acid groups (broad SMARTS) is 1. The van der Waals surface area contributed by atoms with Crippen LogP contribution in [0.2, 0.25) is 0 Å². The van der Waals surface area contributed by atoms with E-state index in [1.54, 1.807) is 0 Å². The van der Waals surface area contributed by atoms with Crippen molar-refractivity contribution in [1.29, 1.82) is 0 Å². The summed E-state index contributed by atoms with van der Waals surface area (Å²) in [7, 11) is 0. The number of hydrogen-bond donors (Lipinski definition) is 1. The topological polar surface area (TPSA) is 65.8 Å². The van der Waals surface area contributed by atoms with Crippen LogP contribution in [0.15, 0.2) is 0 Å². The van der Waals surface area contributed by atoms with Gasteiger partial charge in [0.1, 0.15) is 0 Å². The molecule has 0 aliphatic carbocycles. The zero-order valence-electron chi connectivity index (χ0n) is 13.4. The molecule has 0 radical (unpaired) electrons. The van der Waals surface area contributed by atoms with Gasteiger partial charge in [-0.3, -0.25) is 4.79 Å². The molecule has 0 aromatic heterocycles. The summed E-state index contributed by atoms with van der Waals surface area (Å²) in [6.45, 7) is 2.26. The number of unbranched alkanes of at least 4 members (excludes halogenated alkanes) is 12. The summed E-state index contributed by atoms with van der Waals surface area (Å²) in [5.74, 6) is -0.655. The maximum Gasteiger partial charge on any atom is 2.00 e. The molecule has 0 aromatic rings. The van der Waals surface area contributed by atoms with Crippen LogP contribution in [0, 0.1) is 0 Å². The van der Waals surface area contributed by atoms with Gasteiger partial charge in [-0.2, -0.15) is 0 Å². The van der Waals surface area contributed by atoms with Crippen LogP contribution in [0.5, 0.6) is 0 Å². The second-order valence-electron chi connectivity index (χ2n) is 5.39. The second-order valence-corrected chi connectivity index (χ2v) is 5.39. The summed E-state index contributed by atoms with van der Waals surface area (Å²) in [6, 6.07) is 0. The molecule has 0 aliphatic rings. The van der Waals surface area contributed by atoms with Gasteiger partial charge in [0.25, 0.3) is 0 Å². The van der Waals surface area contributed by atoms with Gasteiger partial charge < -0.3 is 10.6 Å². The van der Waals surface area contributed by atoms with Crippen LogP contribution < -0.4 is 0 Å². The van der Waals surface area contributed by atoms with Gasteiger partial charge in [0.15, 0.2) is 0 Å². The van der Waals surface area contributed by atoms with Gasteiger partial charge in [-0.15, -0.1) is 0 Å². The summed E-state index contributed by atoms with van der Waals surface area (Å²) in [5.41, 5.74) is 0. The third-order valence-electron chi connectivity index (χ3n) is 3.49. The van der Waals surface area contributed by atoms with Crippen LogP contribution in [0.25, 0.3) is 0 Å². The quantitative estimate of drug-likeness (QED) is 0.339. The van der Waals surface area contributed by atoms with Gasteiger partial charge >= 0.3 is 25.4 Å². The number of carbonyl (C=O) groups is 1. The minimum Gasteiger partial charge on any atom is -2.00 e. The summed E-state index contributed by atoms with van der Waals surface area (Å²) in [5, 5.41) is 8.49. The van der Waals surface area contributed by atoms with Gasteiger partial charge in [-0.05, 0) is 6.42 Å². The molecular formula is C16H32O3Zn. The zero-order valence-corrected chi connectivity index (χ0v) is 16.3. The smallest absolute Gasteiger partial charge is 2.00 e. The van der Waals surface area contributed by atoms with Crippen molar-refractivity contribution >= 4 is 5.97 Å². The molecule has 0 bridgehead atoms. The molecule has 3 nitrogen and oxygen atoms in total. The molecule has 0 rings (SSSR count). The average molecular weight is 338 g/mol. The zero-order chi connectivity index (χ0) is 13.5. The minimum absolute atomic E-state index is 0. The van der Waals surface area contributed by atoms with Crippen molar-refractivity contribution in [2.45, 2.75) is 96.8 Å². The Morgan fingerprint density at radius 2 is 1.00 bits per heavy atom. The summed E-state index contributed by atoms with van der Waals surface area (Å²) >= 11 is 0. The van der Waals surface area contributed by atoms with Crippen LogP contribution in [0.4, 0.5) is 0 Å². The number of carboxylic acids is 1. The summed E-state index contributed by atoms with van der Waals surface area (Å²) in [6.07, 6.45) is 17.3. The van der Waals surface area contributed by atoms with Crippen molar-refractivity contribution < 1.29 is 34.9 Å². The third kappa shape index (κ3) is 23.2. The number of rotatable bonds is 14. The normalized spacial score (nSPS) is 9.65. The average Bonchev–Trinajstić information content (AvgIpc) is 2.34. The predicted octanol–water partition coefficient (Wildman–Crippen LogP) is 5.43. The standard InChI is InChI=1S/C16H32O2.O.Zn/c1-2-3-4-5-6-7-8-9-10-11-12-13-14-15-16(17)18;;/h2-15H2,1H3,(H,17,18);;/q;-2;+2.